The van der Waals surface area contributed by atoms with Crippen LogP contribution in [0.3, 0.4) is 0 Å². The molecule has 0 spiro atoms. The van der Waals surface area contributed by atoms with Gasteiger partial charge in [-0.05, 0) is 40.5 Å². The Kier molecular flexibility index (Phi) is 5.34. The maximum absolute atomic E-state index is 12.2. The summed E-state index contributed by atoms with van der Waals surface area (Å²) in [4.78, 5) is 22.5. The van der Waals surface area contributed by atoms with Gasteiger partial charge in [0.25, 0.3) is 0 Å². The summed E-state index contributed by atoms with van der Waals surface area (Å²) in [5.74, 6) is 0. The van der Waals surface area contributed by atoms with Crippen LogP contribution in [0.15, 0.2) is 18.6 Å². The molecule has 0 bridgehead atoms. The molecule has 0 saturated carbocycles. The molecule has 0 aliphatic carbocycles. The Morgan fingerprint density at radius 2 is 2.27 bits per heavy atom. The summed E-state index contributed by atoms with van der Waals surface area (Å²) in [6.45, 7) is 9.23. The largest absolute Gasteiger partial charge is 0.444 e. The van der Waals surface area contributed by atoms with E-state index < -0.39 is 5.60 Å². The molecule has 2 heterocycles. The average molecular weight is 306 g/mol. The monoisotopic (exact) mass is 306 g/mol. The normalized spacial score (nSPS) is 20.0. The molecule has 1 saturated heterocycles. The van der Waals surface area contributed by atoms with Crippen molar-refractivity contribution in [2.24, 2.45) is 0 Å². The Labute approximate surface area is 132 Å². The fourth-order valence-corrected chi connectivity index (χ4v) is 2.56. The third-order valence-electron chi connectivity index (χ3n) is 3.69. The summed E-state index contributed by atoms with van der Waals surface area (Å²) in [6.07, 6.45) is 6.92. The van der Waals surface area contributed by atoms with Crippen LogP contribution in [-0.2, 0) is 4.74 Å². The molecule has 1 N–H and O–H groups in total. The summed E-state index contributed by atoms with van der Waals surface area (Å²) >= 11 is 0. The third kappa shape index (κ3) is 4.66. The maximum Gasteiger partial charge on any atom is 0.410 e. The number of likely N-dealkylation sites (tertiary alicyclic amines) is 1. The van der Waals surface area contributed by atoms with Gasteiger partial charge in [0.15, 0.2) is 0 Å². The number of hydrogen-bond donors (Lipinski definition) is 1. The van der Waals surface area contributed by atoms with Crippen LogP contribution in [0.4, 0.5) is 4.79 Å². The lowest BCUT2D eigenvalue weighted by Gasteiger charge is -2.29. The van der Waals surface area contributed by atoms with Gasteiger partial charge in [0.05, 0.1) is 5.69 Å². The SMILES string of the molecule is CC(NCC1CCCN1C(=O)OC(C)(C)C)c1cnccn1. The standard InChI is InChI=1S/C16H26N4O2/c1-12(14-11-17-7-8-18-14)19-10-13-6-5-9-20(13)15(21)22-16(2,3)4/h7-8,11-13,19H,5-6,9-10H2,1-4H3. The summed E-state index contributed by atoms with van der Waals surface area (Å²) in [7, 11) is 0. The Hall–Kier alpha value is -1.69. The minimum Gasteiger partial charge on any atom is -0.444 e. The fourth-order valence-electron chi connectivity index (χ4n) is 2.56. The number of nitrogens with one attached hydrogen (secondary N) is 1. The summed E-state index contributed by atoms with van der Waals surface area (Å²) in [6, 6.07) is 0.281. The number of ether oxygens (including phenoxy) is 1. The first-order chi connectivity index (χ1) is 10.4. The van der Waals surface area contributed by atoms with Gasteiger partial charge < -0.3 is 15.0 Å². The van der Waals surface area contributed by atoms with Gasteiger partial charge in [-0.3, -0.25) is 9.97 Å². The lowest BCUT2D eigenvalue weighted by Crippen LogP contribution is -2.44. The molecule has 1 amide bonds. The number of aromatic nitrogens is 2. The number of nitrogens with zero attached hydrogens (tertiary/aromatic N) is 3. The van der Waals surface area contributed by atoms with Crippen LogP contribution in [0, 0.1) is 0 Å². The molecule has 1 aromatic heterocycles. The van der Waals surface area contributed by atoms with Crippen LogP contribution in [0.1, 0.15) is 52.3 Å². The number of hydrogen-bond acceptors (Lipinski definition) is 5. The Bertz CT molecular complexity index is 487. The lowest BCUT2D eigenvalue weighted by atomic mass is 10.2. The molecule has 122 valence electrons. The molecule has 2 rings (SSSR count). The second-order valence-electron chi connectivity index (χ2n) is 6.73. The van der Waals surface area contributed by atoms with Crippen molar-refractivity contribution in [3.05, 3.63) is 24.3 Å². The molecule has 0 radical (unpaired) electrons. The van der Waals surface area contributed by atoms with Crippen molar-refractivity contribution in [2.75, 3.05) is 13.1 Å². The molecular formula is C16H26N4O2. The molecule has 1 aromatic rings. The fraction of sp³-hybridized carbons (Fsp3) is 0.688. The molecule has 2 unspecified atom stereocenters. The van der Waals surface area contributed by atoms with Crippen LogP contribution in [0.5, 0.6) is 0 Å². The van der Waals surface area contributed by atoms with E-state index >= 15 is 0 Å². The third-order valence-corrected chi connectivity index (χ3v) is 3.69. The number of rotatable bonds is 4. The van der Waals surface area contributed by atoms with Crippen molar-refractivity contribution in [1.29, 1.82) is 0 Å². The predicted molar refractivity (Wildman–Crippen MR) is 84.4 cm³/mol. The quantitative estimate of drug-likeness (QED) is 0.926. The highest BCUT2D eigenvalue weighted by atomic mass is 16.6. The zero-order valence-corrected chi connectivity index (χ0v) is 13.9. The summed E-state index contributed by atoms with van der Waals surface area (Å²) in [5, 5.41) is 3.44. The van der Waals surface area contributed by atoms with E-state index in [0.29, 0.717) is 0 Å². The van der Waals surface area contributed by atoms with E-state index in [9.17, 15) is 4.79 Å². The van der Waals surface area contributed by atoms with Crippen LogP contribution in [0.25, 0.3) is 0 Å². The minimum absolute atomic E-state index is 0.106. The Balaban J connectivity index is 1.87. The topological polar surface area (TPSA) is 67.4 Å². The van der Waals surface area contributed by atoms with Crippen molar-refractivity contribution in [3.8, 4) is 0 Å². The van der Waals surface area contributed by atoms with Gasteiger partial charge in [-0.2, -0.15) is 0 Å². The number of amides is 1. The Morgan fingerprint density at radius 3 is 2.91 bits per heavy atom. The van der Waals surface area contributed by atoms with Crippen molar-refractivity contribution < 1.29 is 9.53 Å². The molecule has 6 heteroatoms. The van der Waals surface area contributed by atoms with E-state index in [-0.39, 0.29) is 18.2 Å². The maximum atomic E-state index is 12.2. The molecule has 1 aliphatic heterocycles. The van der Waals surface area contributed by atoms with Gasteiger partial charge in [-0.25, -0.2) is 4.79 Å². The van der Waals surface area contributed by atoms with E-state index in [1.165, 1.54) is 0 Å². The van der Waals surface area contributed by atoms with Crippen LogP contribution in [-0.4, -0.2) is 45.7 Å². The highest BCUT2D eigenvalue weighted by Crippen LogP contribution is 2.21. The number of carbonyl (C=O) groups is 1. The highest BCUT2D eigenvalue weighted by Gasteiger charge is 2.32. The summed E-state index contributed by atoms with van der Waals surface area (Å²) in [5.41, 5.74) is 0.453. The van der Waals surface area contributed by atoms with Crippen molar-refractivity contribution in [1.82, 2.24) is 20.2 Å². The second kappa shape index (κ2) is 7.05. The lowest BCUT2D eigenvalue weighted by molar-refractivity contribution is 0.0225. The minimum atomic E-state index is -0.454. The van der Waals surface area contributed by atoms with E-state index in [2.05, 4.69) is 22.2 Å². The average Bonchev–Trinajstić information content (AvgIpc) is 2.92. The molecule has 6 nitrogen and oxygen atoms in total. The van der Waals surface area contributed by atoms with Crippen molar-refractivity contribution in [3.63, 3.8) is 0 Å². The second-order valence-corrected chi connectivity index (χ2v) is 6.73. The van der Waals surface area contributed by atoms with Gasteiger partial charge in [0.2, 0.25) is 0 Å². The van der Waals surface area contributed by atoms with Gasteiger partial charge >= 0.3 is 6.09 Å². The summed E-state index contributed by atoms with van der Waals surface area (Å²) < 4.78 is 5.48. The highest BCUT2D eigenvalue weighted by molar-refractivity contribution is 5.69. The Morgan fingerprint density at radius 1 is 1.50 bits per heavy atom. The van der Waals surface area contributed by atoms with E-state index in [4.69, 9.17) is 4.74 Å². The van der Waals surface area contributed by atoms with Crippen LogP contribution >= 0.6 is 0 Å². The van der Waals surface area contributed by atoms with Crippen LogP contribution in [0.2, 0.25) is 0 Å². The van der Waals surface area contributed by atoms with Gasteiger partial charge in [0.1, 0.15) is 5.60 Å². The van der Waals surface area contributed by atoms with E-state index in [1.54, 1.807) is 18.6 Å². The first-order valence-corrected chi connectivity index (χ1v) is 7.86. The smallest absolute Gasteiger partial charge is 0.410 e. The first-order valence-electron chi connectivity index (χ1n) is 7.86. The zero-order chi connectivity index (χ0) is 16.2. The molecule has 0 aromatic carbocycles. The first kappa shape index (κ1) is 16.7. The zero-order valence-electron chi connectivity index (χ0n) is 13.9. The molecule has 1 fully saturated rings. The molecule has 2 atom stereocenters. The number of carbonyl (C=O) groups excluding carboxylic acids is 1. The predicted octanol–water partition coefficient (Wildman–Crippen LogP) is 2.53. The van der Waals surface area contributed by atoms with Gasteiger partial charge in [-0.1, -0.05) is 0 Å². The van der Waals surface area contributed by atoms with E-state index in [0.717, 1.165) is 31.6 Å². The van der Waals surface area contributed by atoms with Crippen molar-refractivity contribution in [2.45, 2.75) is 58.2 Å². The molecular weight excluding hydrogens is 280 g/mol. The molecule has 22 heavy (non-hydrogen) atoms. The van der Waals surface area contributed by atoms with Crippen LogP contribution < -0.4 is 5.32 Å². The van der Waals surface area contributed by atoms with E-state index in [1.807, 2.05) is 25.7 Å². The van der Waals surface area contributed by atoms with Gasteiger partial charge in [-0.15, -0.1) is 0 Å². The van der Waals surface area contributed by atoms with Crippen molar-refractivity contribution >= 4 is 6.09 Å². The molecule has 1 aliphatic rings. The van der Waals surface area contributed by atoms with Gasteiger partial charge in [0, 0.05) is 43.8 Å².